The van der Waals surface area contributed by atoms with Gasteiger partial charge < -0.3 is 15.3 Å². The molecule has 0 amide bonds. The molecule has 0 aromatic rings. The van der Waals surface area contributed by atoms with Gasteiger partial charge in [-0.25, -0.2) is 19.2 Å². The molecule has 0 aliphatic rings. The van der Waals surface area contributed by atoms with Gasteiger partial charge in [-0.2, -0.15) is 0 Å². The Labute approximate surface area is 97.0 Å². The Balaban J connectivity index is 4.00. The molecule has 0 radical (unpaired) electrons. The van der Waals surface area contributed by atoms with Crippen molar-refractivity contribution in [2.45, 2.75) is 0 Å². The molecule has 0 saturated heterocycles. The van der Waals surface area contributed by atoms with Crippen LogP contribution in [-0.2, 0) is 33.3 Å². The fourth-order valence-corrected chi connectivity index (χ4v) is 1.14. The van der Waals surface area contributed by atoms with E-state index in [0.717, 1.165) is 0 Å². The Kier molecular flexibility index (Phi) is 10.9. The molecular weight excluding hydrogens is 263 g/mol. The van der Waals surface area contributed by atoms with Crippen molar-refractivity contribution >= 4 is 7.82 Å². The Bertz CT molecular complexity index is 178. The Morgan fingerprint density at radius 3 is 1.24 bits per heavy atom. The Hall–Kier alpha value is -0.130. The standard InChI is InChI=1S/C6H15O10P/c7-1-4-11-14-17(10,15-12-5-2-8)16-13-6-3-9/h7-9H,1-6H2. The highest BCUT2D eigenvalue weighted by Crippen LogP contribution is 2.50. The van der Waals surface area contributed by atoms with Gasteiger partial charge in [0.1, 0.15) is 19.8 Å². The van der Waals surface area contributed by atoms with Gasteiger partial charge in [0.2, 0.25) is 0 Å². The number of rotatable bonds is 12. The number of phosphoric acid groups is 1. The molecule has 104 valence electrons. The van der Waals surface area contributed by atoms with Gasteiger partial charge in [0, 0.05) is 0 Å². The maximum Gasteiger partial charge on any atom is 0.556 e. The summed E-state index contributed by atoms with van der Waals surface area (Å²) in [6, 6.07) is 0. The predicted molar refractivity (Wildman–Crippen MR) is 50.0 cm³/mol. The molecule has 17 heavy (non-hydrogen) atoms. The van der Waals surface area contributed by atoms with E-state index in [1.54, 1.807) is 0 Å². The van der Waals surface area contributed by atoms with Gasteiger partial charge in [0.25, 0.3) is 0 Å². The van der Waals surface area contributed by atoms with E-state index in [9.17, 15) is 4.57 Å². The van der Waals surface area contributed by atoms with Crippen molar-refractivity contribution in [3.05, 3.63) is 0 Å². The van der Waals surface area contributed by atoms with Gasteiger partial charge in [-0.1, -0.05) is 0 Å². The van der Waals surface area contributed by atoms with Crippen LogP contribution in [0.1, 0.15) is 0 Å². The van der Waals surface area contributed by atoms with E-state index in [-0.39, 0.29) is 39.6 Å². The first kappa shape index (κ1) is 16.9. The van der Waals surface area contributed by atoms with E-state index in [0.29, 0.717) is 0 Å². The minimum atomic E-state index is -4.31. The van der Waals surface area contributed by atoms with Crippen molar-refractivity contribution in [3.63, 3.8) is 0 Å². The molecular formula is C6H15O10P. The summed E-state index contributed by atoms with van der Waals surface area (Å²) >= 11 is 0. The summed E-state index contributed by atoms with van der Waals surface area (Å²) in [5.74, 6) is 0. The van der Waals surface area contributed by atoms with Crippen LogP contribution < -0.4 is 0 Å². The highest BCUT2D eigenvalue weighted by Gasteiger charge is 2.32. The van der Waals surface area contributed by atoms with Crippen LogP contribution in [0.2, 0.25) is 0 Å². The third-order valence-corrected chi connectivity index (χ3v) is 1.82. The maximum atomic E-state index is 11.6. The van der Waals surface area contributed by atoms with E-state index in [1.165, 1.54) is 0 Å². The molecule has 0 heterocycles. The topological polar surface area (TPSA) is 133 Å². The van der Waals surface area contributed by atoms with Gasteiger partial charge in [0.05, 0.1) is 19.8 Å². The summed E-state index contributed by atoms with van der Waals surface area (Å²) < 4.78 is 24.2. The molecule has 10 nitrogen and oxygen atoms in total. The highest BCUT2D eigenvalue weighted by atomic mass is 31.2. The molecule has 0 aliphatic carbocycles. The van der Waals surface area contributed by atoms with E-state index in [4.69, 9.17) is 15.3 Å². The van der Waals surface area contributed by atoms with Crippen molar-refractivity contribution in [3.8, 4) is 0 Å². The third-order valence-electron chi connectivity index (χ3n) is 0.956. The van der Waals surface area contributed by atoms with Crippen LogP contribution in [-0.4, -0.2) is 55.0 Å². The SMILES string of the molecule is O=P(OOCCO)(OOCCO)OOCCO. The number of hydrogen-bond donors (Lipinski definition) is 3. The van der Waals surface area contributed by atoms with Crippen LogP contribution in [0.3, 0.4) is 0 Å². The Morgan fingerprint density at radius 1 is 0.706 bits per heavy atom. The molecule has 11 heteroatoms. The minimum absolute atomic E-state index is 0.281. The van der Waals surface area contributed by atoms with Gasteiger partial charge in [-0.15, -0.1) is 14.0 Å². The first-order chi connectivity index (χ1) is 8.18. The summed E-state index contributed by atoms with van der Waals surface area (Å²) in [5, 5.41) is 25.2. The normalized spacial score (nSPS) is 11.9. The lowest BCUT2D eigenvalue weighted by Crippen LogP contribution is -2.08. The lowest BCUT2D eigenvalue weighted by molar-refractivity contribution is -0.327. The van der Waals surface area contributed by atoms with Gasteiger partial charge in [0.15, 0.2) is 0 Å². The first-order valence-electron chi connectivity index (χ1n) is 4.55. The van der Waals surface area contributed by atoms with Crippen LogP contribution >= 0.6 is 7.82 Å². The fourth-order valence-electron chi connectivity index (χ4n) is 0.455. The molecule has 0 aromatic carbocycles. The summed E-state index contributed by atoms with van der Waals surface area (Å²) in [4.78, 5) is 12.8. The molecule has 0 unspecified atom stereocenters. The average molecular weight is 278 g/mol. The zero-order valence-electron chi connectivity index (χ0n) is 8.89. The fraction of sp³-hybridized carbons (Fsp3) is 1.00. The van der Waals surface area contributed by atoms with Crippen molar-refractivity contribution < 1.29 is 48.6 Å². The molecule has 0 spiro atoms. The molecule has 0 aromatic heterocycles. The maximum absolute atomic E-state index is 11.6. The third kappa shape index (κ3) is 9.56. The lowest BCUT2D eigenvalue weighted by atomic mass is 10.8. The molecule has 0 aliphatic heterocycles. The molecule has 0 rings (SSSR count). The molecule has 0 bridgehead atoms. The van der Waals surface area contributed by atoms with Crippen molar-refractivity contribution in [2.24, 2.45) is 0 Å². The predicted octanol–water partition coefficient (Wildman–Crippen LogP) is -1.08. The minimum Gasteiger partial charge on any atom is -0.394 e. The van der Waals surface area contributed by atoms with Crippen LogP contribution in [0.4, 0.5) is 0 Å². The second-order valence-corrected chi connectivity index (χ2v) is 3.65. The largest absolute Gasteiger partial charge is 0.556 e. The zero-order chi connectivity index (χ0) is 13.0. The van der Waals surface area contributed by atoms with Crippen LogP contribution in [0.5, 0.6) is 0 Å². The van der Waals surface area contributed by atoms with Crippen LogP contribution in [0.15, 0.2) is 0 Å². The zero-order valence-corrected chi connectivity index (χ0v) is 9.78. The van der Waals surface area contributed by atoms with Gasteiger partial charge >= 0.3 is 7.82 Å². The van der Waals surface area contributed by atoms with Crippen molar-refractivity contribution in [1.29, 1.82) is 0 Å². The van der Waals surface area contributed by atoms with Crippen molar-refractivity contribution in [1.82, 2.24) is 0 Å². The number of hydrogen-bond acceptors (Lipinski definition) is 10. The quantitative estimate of drug-likeness (QED) is 0.175. The smallest absolute Gasteiger partial charge is 0.394 e. The highest BCUT2D eigenvalue weighted by molar-refractivity contribution is 7.48. The van der Waals surface area contributed by atoms with E-state index >= 15 is 0 Å². The lowest BCUT2D eigenvalue weighted by Gasteiger charge is -2.13. The average Bonchev–Trinajstić information content (AvgIpc) is 2.30. The molecule has 3 N–H and O–H groups in total. The monoisotopic (exact) mass is 278 g/mol. The van der Waals surface area contributed by atoms with E-state index < -0.39 is 7.82 Å². The van der Waals surface area contributed by atoms with Crippen LogP contribution in [0.25, 0.3) is 0 Å². The second-order valence-electron chi connectivity index (χ2n) is 2.31. The molecule has 0 saturated carbocycles. The van der Waals surface area contributed by atoms with E-state index in [1.807, 2.05) is 0 Å². The number of aliphatic hydroxyl groups is 3. The van der Waals surface area contributed by atoms with Gasteiger partial charge in [-0.05, 0) is 0 Å². The van der Waals surface area contributed by atoms with Crippen molar-refractivity contribution in [2.75, 3.05) is 39.6 Å². The summed E-state index contributed by atoms with van der Waals surface area (Å²) in [6.07, 6.45) is 0. The number of aliphatic hydroxyl groups excluding tert-OH is 3. The summed E-state index contributed by atoms with van der Waals surface area (Å²) in [5.41, 5.74) is 0. The second kappa shape index (κ2) is 11.0. The summed E-state index contributed by atoms with van der Waals surface area (Å²) in [6.45, 7) is -1.98. The van der Waals surface area contributed by atoms with Crippen LogP contribution in [0, 0.1) is 0 Å². The van der Waals surface area contributed by atoms with E-state index in [2.05, 4.69) is 28.7 Å². The Morgan fingerprint density at radius 2 is 1.00 bits per heavy atom. The molecule has 0 atom stereocenters. The summed E-state index contributed by atoms with van der Waals surface area (Å²) in [7, 11) is -4.31. The first-order valence-corrected chi connectivity index (χ1v) is 6.01. The molecule has 0 fully saturated rings. The van der Waals surface area contributed by atoms with Gasteiger partial charge in [-0.3, -0.25) is 0 Å².